The molecule has 0 saturated heterocycles. The number of aliphatic imine (C=N–C) groups is 1. The van der Waals surface area contributed by atoms with Gasteiger partial charge in [0, 0.05) is 38.3 Å². The van der Waals surface area contributed by atoms with Crippen molar-refractivity contribution < 1.29 is 8.83 Å². The molecule has 1 aliphatic heterocycles. The first-order valence-corrected chi connectivity index (χ1v) is 17.9. The fourth-order valence-electron chi connectivity index (χ4n) is 9.35. The van der Waals surface area contributed by atoms with Gasteiger partial charge in [-0.15, -0.1) is 0 Å². The summed E-state index contributed by atoms with van der Waals surface area (Å²) in [4.78, 5) is 5.33. The normalized spacial score (nSPS) is 17.4. The first kappa shape index (κ1) is 28.0. The van der Waals surface area contributed by atoms with E-state index in [-0.39, 0.29) is 11.6 Å². The average Bonchev–Trinajstić information content (AvgIpc) is 3.84. The predicted octanol–water partition coefficient (Wildman–Crippen LogP) is 12.2. The third kappa shape index (κ3) is 3.85. The molecule has 1 N–H and O–H groups in total. The van der Waals surface area contributed by atoms with Crippen LogP contribution in [0.4, 0.5) is 5.69 Å². The Morgan fingerprint density at radius 1 is 0.560 bits per heavy atom. The van der Waals surface area contributed by atoms with Gasteiger partial charge in [-0.1, -0.05) is 141 Å². The van der Waals surface area contributed by atoms with Crippen LogP contribution in [0.1, 0.15) is 66.3 Å². The van der Waals surface area contributed by atoms with E-state index in [4.69, 9.17) is 13.8 Å². The van der Waals surface area contributed by atoms with Gasteiger partial charge in [0.05, 0.1) is 5.69 Å². The molecule has 1 saturated carbocycles. The summed E-state index contributed by atoms with van der Waals surface area (Å²) in [7, 11) is 0. The summed E-state index contributed by atoms with van der Waals surface area (Å²) in [5, 5.41) is 7.01. The molecule has 11 rings (SSSR count). The highest BCUT2D eigenvalue weighted by molar-refractivity contribution is 6.19. The van der Waals surface area contributed by atoms with E-state index in [0.717, 1.165) is 66.8 Å². The molecule has 3 heterocycles. The van der Waals surface area contributed by atoms with Crippen LogP contribution < -0.4 is 5.32 Å². The van der Waals surface area contributed by atoms with Gasteiger partial charge in [0.1, 0.15) is 28.6 Å². The van der Waals surface area contributed by atoms with Crippen LogP contribution in [0.5, 0.6) is 0 Å². The van der Waals surface area contributed by atoms with Gasteiger partial charge in [-0.05, 0) is 52.8 Å². The molecular formula is C46H34N2O2. The summed E-state index contributed by atoms with van der Waals surface area (Å²) in [5.41, 5.74) is 14.7. The Morgan fingerprint density at radius 2 is 1.24 bits per heavy atom. The van der Waals surface area contributed by atoms with Crippen molar-refractivity contribution >= 4 is 44.3 Å². The summed E-state index contributed by atoms with van der Waals surface area (Å²) in [6, 6.07) is 47.7. The van der Waals surface area contributed by atoms with Gasteiger partial charge >= 0.3 is 0 Å². The third-order valence-corrected chi connectivity index (χ3v) is 11.5. The lowest BCUT2D eigenvalue weighted by Crippen LogP contribution is -2.27. The molecule has 4 nitrogen and oxygen atoms in total. The van der Waals surface area contributed by atoms with Gasteiger partial charge in [0.2, 0.25) is 0 Å². The highest BCUT2D eigenvalue weighted by Crippen LogP contribution is 2.58. The Balaban J connectivity index is 1.11. The van der Waals surface area contributed by atoms with Gasteiger partial charge in [-0.25, -0.2) is 0 Å². The maximum atomic E-state index is 7.07. The molecule has 0 bridgehead atoms. The molecule has 1 fully saturated rings. The van der Waals surface area contributed by atoms with Crippen molar-refractivity contribution in [1.82, 2.24) is 0 Å². The molecular weight excluding hydrogens is 613 g/mol. The fraction of sp³-hybridized carbons (Fsp3) is 0.152. The minimum atomic E-state index is -0.370. The fourth-order valence-corrected chi connectivity index (χ4v) is 9.35. The molecule has 2 aliphatic carbocycles. The lowest BCUT2D eigenvalue weighted by Gasteiger charge is -2.36. The number of fused-ring (bicyclic) bond motifs is 11. The van der Waals surface area contributed by atoms with E-state index in [0.29, 0.717) is 0 Å². The van der Waals surface area contributed by atoms with Crippen LogP contribution in [-0.4, -0.2) is 5.71 Å². The van der Waals surface area contributed by atoms with Crippen molar-refractivity contribution in [2.45, 2.75) is 43.7 Å². The van der Waals surface area contributed by atoms with Gasteiger partial charge in [-0.2, -0.15) is 0 Å². The smallest absolute Gasteiger partial charge is 0.177 e. The Bertz CT molecular complexity index is 2670. The molecule has 0 radical (unpaired) electrons. The van der Waals surface area contributed by atoms with E-state index in [2.05, 4.69) is 108 Å². The average molecular weight is 647 g/mol. The second kappa shape index (κ2) is 10.6. The van der Waals surface area contributed by atoms with Gasteiger partial charge in [0.25, 0.3) is 0 Å². The highest BCUT2D eigenvalue weighted by atomic mass is 16.3. The minimum absolute atomic E-state index is 0.104. The number of para-hydroxylation sites is 3. The van der Waals surface area contributed by atoms with Gasteiger partial charge < -0.3 is 14.2 Å². The Labute approximate surface area is 290 Å². The predicted molar refractivity (Wildman–Crippen MR) is 203 cm³/mol. The summed E-state index contributed by atoms with van der Waals surface area (Å²) in [5.74, 6) is 0.765. The molecule has 4 heteroatoms. The van der Waals surface area contributed by atoms with Crippen molar-refractivity contribution in [2.75, 3.05) is 5.32 Å². The van der Waals surface area contributed by atoms with E-state index < -0.39 is 0 Å². The van der Waals surface area contributed by atoms with Crippen molar-refractivity contribution in [3.05, 3.63) is 161 Å². The molecule has 3 aliphatic rings. The molecule has 1 spiro atoms. The maximum absolute atomic E-state index is 7.07. The molecule has 0 amide bonds. The number of nitrogens with zero attached hydrogens (tertiary/aromatic N) is 1. The largest absolute Gasteiger partial charge is 0.455 e. The van der Waals surface area contributed by atoms with Crippen LogP contribution in [0.15, 0.2) is 147 Å². The number of rotatable bonds is 3. The summed E-state index contributed by atoms with van der Waals surface area (Å²) < 4.78 is 13.5. The minimum Gasteiger partial charge on any atom is -0.455 e. The number of nitrogens with one attached hydrogen (secondary N) is 1. The molecule has 240 valence electrons. The van der Waals surface area contributed by atoms with Crippen LogP contribution in [0.25, 0.3) is 55.2 Å². The monoisotopic (exact) mass is 646 g/mol. The molecule has 6 aromatic carbocycles. The first-order chi connectivity index (χ1) is 24.8. The number of hydrogen-bond donors (Lipinski definition) is 1. The summed E-state index contributed by atoms with van der Waals surface area (Å²) in [6.07, 6.45) is 5.94. The zero-order valence-corrected chi connectivity index (χ0v) is 27.6. The molecule has 2 aromatic heterocycles. The van der Waals surface area contributed by atoms with Crippen molar-refractivity contribution in [3.63, 3.8) is 0 Å². The van der Waals surface area contributed by atoms with Crippen molar-refractivity contribution in [1.29, 1.82) is 0 Å². The lowest BCUT2D eigenvalue weighted by molar-refractivity contribution is 0.353. The molecule has 1 atom stereocenters. The number of hydrogen-bond acceptors (Lipinski definition) is 4. The highest BCUT2D eigenvalue weighted by Gasteiger charge is 2.44. The van der Waals surface area contributed by atoms with Gasteiger partial charge in [-0.3, -0.25) is 4.99 Å². The Morgan fingerprint density at radius 3 is 2.14 bits per heavy atom. The lowest BCUT2D eigenvalue weighted by atomic mass is 9.68. The van der Waals surface area contributed by atoms with E-state index in [9.17, 15) is 0 Å². The van der Waals surface area contributed by atoms with E-state index in [1.54, 1.807) is 0 Å². The Kier molecular flexibility index (Phi) is 5.92. The van der Waals surface area contributed by atoms with Crippen molar-refractivity contribution in [2.24, 2.45) is 4.99 Å². The van der Waals surface area contributed by atoms with E-state index >= 15 is 0 Å². The maximum Gasteiger partial charge on any atom is 0.177 e. The SMILES string of the molecule is c1ccc(C2=NC(c3cccc4c3oc3c(-c5cccc6c5-c5ccccc5C65CCCCC5)cccc34)Nc3c2oc2ccccc32)cc1. The first-order valence-electron chi connectivity index (χ1n) is 17.9. The van der Waals surface area contributed by atoms with Crippen LogP contribution >= 0.6 is 0 Å². The zero-order chi connectivity index (χ0) is 32.8. The summed E-state index contributed by atoms with van der Waals surface area (Å²) in [6.45, 7) is 0. The second-order valence-electron chi connectivity index (χ2n) is 14.1. The van der Waals surface area contributed by atoms with E-state index in [1.165, 1.54) is 59.9 Å². The topological polar surface area (TPSA) is 50.7 Å². The summed E-state index contributed by atoms with van der Waals surface area (Å²) >= 11 is 0. The van der Waals surface area contributed by atoms with E-state index in [1.807, 2.05) is 30.3 Å². The molecule has 8 aromatic rings. The number of anilines is 1. The van der Waals surface area contributed by atoms with Gasteiger partial charge in [0.15, 0.2) is 5.76 Å². The third-order valence-electron chi connectivity index (χ3n) is 11.5. The Hall–Kier alpha value is -5.87. The van der Waals surface area contributed by atoms with Crippen LogP contribution in [0.2, 0.25) is 0 Å². The van der Waals surface area contributed by atoms with Crippen molar-refractivity contribution in [3.8, 4) is 22.3 Å². The van der Waals surface area contributed by atoms with Crippen LogP contribution in [-0.2, 0) is 5.41 Å². The molecule has 1 unspecified atom stereocenters. The van der Waals surface area contributed by atoms with Crippen LogP contribution in [0, 0.1) is 0 Å². The molecule has 50 heavy (non-hydrogen) atoms. The van der Waals surface area contributed by atoms with Crippen LogP contribution in [0.3, 0.4) is 0 Å². The number of furan rings is 2. The second-order valence-corrected chi connectivity index (χ2v) is 14.1. The standard InChI is InChI=1S/C46H34N2O2/c1-3-14-28(15-4-1)40-44-41(34-17-6-8-25-38(34)49-44)48-45(47-40)35-22-12-21-32-31-20-11-19-30(42(31)50-43(32)35)29-18-13-24-37-39(29)33-16-5-7-23-36(33)46(37)26-9-2-10-27-46/h1,3-8,11-25,45,48H,2,9-10,26-27H2. The quantitative estimate of drug-likeness (QED) is 0.208. The zero-order valence-electron chi connectivity index (χ0n) is 27.6. The number of benzene rings is 6.